The zero-order chi connectivity index (χ0) is 13.7. The molecule has 0 saturated carbocycles. The lowest BCUT2D eigenvalue weighted by atomic mass is 10.1. The highest BCUT2D eigenvalue weighted by Gasteiger charge is 2.15. The summed E-state index contributed by atoms with van der Waals surface area (Å²) in [7, 11) is 0. The third kappa shape index (κ3) is 3.63. The number of thiocarbonyl (C=S) groups is 1. The Bertz CT molecular complexity index is 431. The van der Waals surface area contributed by atoms with Gasteiger partial charge in [0.15, 0.2) is 5.82 Å². The van der Waals surface area contributed by atoms with Gasteiger partial charge in [-0.2, -0.15) is 5.10 Å². The van der Waals surface area contributed by atoms with E-state index in [0.717, 1.165) is 23.2 Å². The van der Waals surface area contributed by atoms with E-state index in [9.17, 15) is 0 Å². The summed E-state index contributed by atoms with van der Waals surface area (Å²) in [5.74, 6) is 0.703. The number of hydrogen-bond acceptors (Lipinski definition) is 4. The van der Waals surface area contributed by atoms with Crippen molar-refractivity contribution in [2.24, 2.45) is 5.73 Å². The van der Waals surface area contributed by atoms with Crippen LogP contribution in [-0.4, -0.2) is 21.2 Å². The predicted octanol–water partition coefficient (Wildman–Crippen LogP) is 2.72. The minimum Gasteiger partial charge on any atom is -0.389 e. The molecule has 0 fully saturated rings. The second kappa shape index (κ2) is 6.64. The summed E-state index contributed by atoms with van der Waals surface area (Å²) in [5.41, 5.74) is 8.47. The summed E-state index contributed by atoms with van der Waals surface area (Å²) in [6.45, 7) is 8.20. The fourth-order valence-corrected chi connectivity index (χ4v) is 2.08. The maximum absolute atomic E-state index is 5.78. The first kappa shape index (κ1) is 14.8. The van der Waals surface area contributed by atoms with Crippen molar-refractivity contribution in [1.29, 1.82) is 0 Å². The number of nitrogens with zero attached hydrogens (tertiary/aromatic N) is 2. The molecule has 1 unspecified atom stereocenters. The summed E-state index contributed by atoms with van der Waals surface area (Å²) < 4.78 is 0. The molecule has 1 rings (SSSR count). The van der Waals surface area contributed by atoms with E-state index in [0.29, 0.717) is 16.8 Å². The zero-order valence-corrected chi connectivity index (χ0v) is 12.4. The van der Waals surface area contributed by atoms with Gasteiger partial charge in [-0.1, -0.05) is 32.0 Å². The van der Waals surface area contributed by atoms with Gasteiger partial charge in [0.05, 0.1) is 11.3 Å². The Kier molecular flexibility index (Phi) is 5.47. The topological polar surface area (TPSA) is 63.8 Å². The van der Waals surface area contributed by atoms with Gasteiger partial charge in [-0.05, 0) is 32.8 Å². The van der Waals surface area contributed by atoms with Crippen LogP contribution >= 0.6 is 12.2 Å². The molecule has 0 bridgehead atoms. The van der Waals surface area contributed by atoms with Crippen LogP contribution in [0.1, 0.15) is 49.9 Å². The fraction of sp³-hybridized carbons (Fsp3) is 0.615. The second-order valence-electron chi connectivity index (χ2n) is 4.69. The van der Waals surface area contributed by atoms with Crippen LogP contribution < -0.4 is 11.1 Å². The molecule has 0 radical (unpaired) electrons. The summed E-state index contributed by atoms with van der Waals surface area (Å²) in [6.07, 6.45) is 3.48. The van der Waals surface area contributed by atoms with Crippen molar-refractivity contribution in [3.05, 3.63) is 16.8 Å². The predicted molar refractivity (Wildman–Crippen MR) is 80.0 cm³/mol. The Morgan fingerprint density at radius 1 is 1.39 bits per heavy atom. The Hall–Kier alpha value is -1.23. The third-order valence-corrected chi connectivity index (χ3v) is 3.28. The summed E-state index contributed by atoms with van der Waals surface area (Å²) >= 11 is 5.11. The number of unbranched alkanes of at least 4 members (excludes halogenated alkanes) is 1. The Morgan fingerprint density at radius 3 is 2.61 bits per heavy atom. The lowest BCUT2D eigenvalue weighted by Gasteiger charge is -2.17. The van der Waals surface area contributed by atoms with Crippen LogP contribution in [0.25, 0.3) is 0 Å². The van der Waals surface area contributed by atoms with Gasteiger partial charge in [-0.15, -0.1) is 5.10 Å². The highest BCUT2D eigenvalue weighted by atomic mass is 32.1. The lowest BCUT2D eigenvalue weighted by molar-refractivity contribution is 0.641. The Labute approximate surface area is 114 Å². The standard InChI is InChI=1S/C13H22N4S/c1-5-6-7-8(2)15-13-11(12(14)18)9(3)10(4)16-17-13/h8H,5-7H2,1-4H3,(H2,14,18)(H,15,17). The fourth-order valence-electron chi connectivity index (χ4n) is 1.83. The van der Waals surface area contributed by atoms with Crippen LogP contribution in [0.2, 0.25) is 0 Å². The van der Waals surface area contributed by atoms with Gasteiger partial charge in [-0.3, -0.25) is 0 Å². The molecule has 0 aliphatic heterocycles. The van der Waals surface area contributed by atoms with Gasteiger partial charge in [0.2, 0.25) is 0 Å². The first-order chi connectivity index (χ1) is 8.47. The minimum absolute atomic E-state index is 0.342. The highest BCUT2D eigenvalue weighted by molar-refractivity contribution is 7.80. The first-order valence-corrected chi connectivity index (χ1v) is 6.78. The minimum atomic E-state index is 0.342. The molecule has 0 aromatic carbocycles. The van der Waals surface area contributed by atoms with Crippen LogP contribution in [0.5, 0.6) is 0 Å². The van der Waals surface area contributed by atoms with Crippen molar-refractivity contribution < 1.29 is 0 Å². The van der Waals surface area contributed by atoms with Crippen LogP contribution in [-0.2, 0) is 0 Å². The van der Waals surface area contributed by atoms with Crippen LogP contribution in [0, 0.1) is 13.8 Å². The molecule has 1 atom stereocenters. The molecule has 1 aromatic rings. The maximum Gasteiger partial charge on any atom is 0.159 e. The summed E-state index contributed by atoms with van der Waals surface area (Å²) in [5, 5.41) is 11.7. The van der Waals surface area contributed by atoms with Gasteiger partial charge in [0.25, 0.3) is 0 Å². The average molecular weight is 266 g/mol. The molecule has 1 heterocycles. The summed E-state index contributed by atoms with van der Waals surface area (Å²) in [6, 6.07) is 0.342. The molecule has 5 heteroatoms. The third-order valence-electron chi connectivity index (χ3n) is 3.07. The number of nitrogens with two attached hydrogens (primary N) is 1. The number of anilines is 1. The molecule has 0 aliphatic carbocycles. The molecule has 4 nitrogen and oxygen atoms in total. The molecule has 0 saturated heterocycles. The largest absolute Gasteiger partial charge is 0.389 e. The molecule has 0 spiro atoms. The number of hydrogen-bond donors (Lipinski definition) is 2. The molecule has 3 N–H and O–H groups in total. The smallest absolute Gasteiger partial charge is 0.159 e. The van der Waals surface area contributed by atoms with E-state index in [4.69, 9.17) is 18.0 Å². The Morgan fingerprint density at radius 2 is 2.06 bits per heavy atom. The lowest BCUT2D eigenvalue weighted by Crippen LogP contribution is -2.22. The number of aromatic nitrogens is 2. The van der Waals surface area contributed by atoms with Gasteiger partial charge in [0, 0.05) is 6.04 Å². The second-order valence-corrected chi connectivity index (χ2v) is 5.13. The van der Waals surface area contributed by atoms with Crippen LogP contribution in [0.15, 0.2) is 0 Å². The van der Waals surface area contributed by atoms with Crippen LogP contribution in [0.4, 0.5) is 5.82 Å². The molecule has 100 valence electrons. The maximum atomic E-state index is 5.78. The van der Waals surface area contributed by atoms with Crippen molar-refractivity contribution in [2.45, 2.75) is 53.0 Å². The van der Waals surface area contributed by atoms with Crippen molar-refractivity contribution in [3.63, 3.8) is 0 Å². The number of aryl methyl sites for hydroxylation is 1. The van der Waals surface area contributed by atoms with Gasteiger partial charge in [-0.25, -0.2) is 0 Å². The summed E-state index contributed by atoms with van der Waals surface area (Å²) in [4.78, 5) is 0.371. The monoisotopic (exact) mass is 266 g/mol. The molecular formula is C13H22N4S. The quantitative estimate of drug-likeness (QED) is 0.775. The molecule has 0 aliphatic rings. The first-order valence-electron chi connectivity index (χ1n) is 6.37. The molecule has 1 aromatic heterocycles. The normalized spacial score (nSPS) is 12.2. The zero-order valence-electron chi connectivity index (χ0n) is 11.6. The average Bonchev–Trinajstić information content (AvgIpc) is 2.31. The number of rotatable bonds is 6. The van der Waals surface area contributed by atoms with E-state index in [1.165, 1.54) is 12.8 Å². The van der Waals surface area contributed by atoms with Crippen molar-refractivity contribution in [2.75, 3.05) is 5.32 Å². The van der Waals surface area contributed by atoms with Gasteiger partial charge >= 0.3 is 0 Å². The van der Waals surface area contributed by atoms with Crippen molar-refractivity contribution in [3.8, 4) is 0 Å². The molecule has 18 heavy (non-hydrogen) atoms. The Balaban J connectivity index is 2.95. The SMILES string of the molecule is CCCCC(C)Nc1nnc(C)c(C)c1C(N)=S. The van der Waals surface area contributed by atoms with Gasteiger partial charge < -0.3 is 11.1 Å². The van der Waals surface area contributed by atoms with Crippen molar-refractivity contribution >= 4 is 23.0 Å². The van der Waals surface area contributed by atoms with Crippen molar-refractivity contribution in [1.82, 2.24) is 10.2 Å². The van der Waals surface area contributed by atoms with E-state index in [1.54, 1.807) is 0 Å². The highest BCUT2D eigenvalue weighted by Crippen LogP contribution is 2.19. The molecule has 0 amide bonds. The molecular weight excluding hydrogens is 244 g/mol. The van der Waals surface area contributed by atoms with E-state index in [-0.39, 0.29) is 0 Å². The van der Waals surface area contributed by atoms with E-state index in [2.05, 4.69) is 29.4 Å². The van der Waals surface area contributed by atoms with E-state index >= 15 is 0 Å². The number of nitrogens with one attached hydrogen (secondary N) is 1. The van der Waals surface area contributed by atoms with E-state index < -0.39 is 0 Å². The van der Waals surface area contributed by atoms with Gasteiger partial charge in [0.1, 0.15) is 4.99 Å². The van der Waals surface area contributed by atoms with Crippen LogP contribution in [0.3, 0.4) is 0 Å². The van der Waals surface area contributed by atoms with E-state index in [1.807, 2.05) is 13.8 Å².